The van der Waals surface area contributed by atoms with E-state index in [9.17, 15) is 13.2 Å². The first-order chi connectivity index (χ1) is 8.15. The van der Waals surface area contributed by atoms with Gasteiger partial charge in [0.25, 0.3) is 0 Å². The Labute approximate surface area is 112 Å². The van der Waals surface area contributed by atoms with Crippen LogP contribution in [-0.4, -0.2) is 40.2 Å². The molecule has 0 aliphatic rings. The fraction of sp³-hybridized carbons (Fsp3) is 0.900. The maximum Gasteiger partial charge on any atom is 0.430 e. The molecule has 4 nitrogen and oxygen atoms in total. The molecule has 0 fully saturated rings. The van der Waals surface area contributed by atoms with E-state index in [0.717, 1.165) is 12.8 Å². The summed E-state index contributed by atoms with van der Waals surface area (Å²) >= 11 is -0.250. The molecular weight excluding hydrogens is 268 g/mol. The molecule has 0 amide bonds. The Morgan fingerprint density at radius 1 is 1.17 bits per heavy atom. The van der Waals surface area contributed by atoms with Gasteiger partial charge in [0, 0.05) is 0 Å². The van der Waals surface area contributed by atoms with Crippen molar-refractivity contribution in [2.24, 2.45) is 0 Å². The maximum absolute atomic E-state index is 10.5. The number of alkyl halides is 3. The molecule has 0 rings (SSSR count). The average Bonchev–Trinajstić information content (AvgIpc) is 2.28. The molecule has 8 heteroatoms. The Morgan fingerprint density at radius 2 is 1.44 bits per heavy atom. The smallest absolute Gasteiger partial charge is 0.430 e. The number of carbonyl (C=O) groups is 1. The van der Waals surface area contributed by atoms with Crippen LogP contribution >= 0.6 is 0 Å². The molecule has 0 radical (unpaired) electrons. The van der Waals surface area contributed by atoms with Crippen molar-refractivity contribution in [3.8, 4) is 0 Å². The van der Waals surface area contributed by atoms with Gasteiger partial charge in [-0.3, -0.25) is 0 Å². The summed E-state index contributed by atoms with van der Waals surface area (Å²) in [6.07, 6.45) is -2.35. The summed E-state index contributed by atoms with van der Waals surface area (Å²) in [4.78, 5) is 8.78. The van der Waals surface area contributed by atoms with E-state index >= 15 is 0 Å². The van der Waals surface area contributed by atoms with Gasteiger partial charge in [0.05, 0.1) is 0 Å². The molecule has 0 saturated heterocycles. The van der Waals surface area contributed by atoms with E-state index in [4.69, 9.17) is 17.5 Å². The summed E-state index contributed by atoms with van der Waals surface area (Å²) < 4.78 is 42.4. The van der Waals surface area contributed by atoms with Gasteiger partial charge < -0.3 is 9.90 Å². The number of carbonyl (C=O) groups excluding carboxylic acids is 1. The summed E-state index contributed by atoms with van der Waals surface area (Å²) in [6, 6.07) is 0. The number of carboxylic acid groups (broad SMARTS) is 1. The fourth-order valence-corrected chi connectivity index (χ4v) is 1.24. The molecule has 0 aromatic rings. The minimum atomic E-state index is -5.19. The van der Waals surface area contributed by atoms with Crippen molar-refractivity contribution in [2.45, 2.75) is 58.9 Å². The van der Waals surface area contributed by atoms with Crippen LogP contribution in [0.15, 0.2) is 0 Å². The molecule has 18 heavy (non-hydrogen) atoms. The molecular formula is C10H18AlF3O4. The van der Waals surface area contributed by atoms with Gasteiger partial charge in [-0.2, -0.15) is 13.2 Å². The summed E-state index contributed by atoms with van der Waals surface area (Å²) in [6.45, 7) is 8.39. The third kappa shape index (κ3) is 13.8. The minimum Gasteiger partial charge on any atom is -0.542 e. The van der Waals surface area contributed by atoms with E-state index < -0.39 is 12.1 Å². The molecule has 2 atom stereocenters. The second kappa shape index (κ2) is 10.6. The molecule has 0 aliphatic heterocycles. The molecule has 106 valence electrons. The van der Waals surface area contributed by atoms with Crippen LogP contribution in [0.25, 0.3) is 0 Å². The number of carboxylic acids is 1. The quantitative estimate of drug-likeness (QED) is 0.693. The molecule has 0 aliphatic carbocycles. The average molecular weight is 286 g/mol. The third-order valence-electron chi connectivity index (χ3n) is 1.96. The van der Waals surface area contributed by atoms with E-state index in [-0.39, 0.29) is 15.9 Å². The summed E-state index contributed by atoms with van der Waals surface area (Å²) in [5.74, 6) is -3.01. The fourth-order valence-electron chi connectivity index (χ4n) is 0.414. The molecule has 0 aromatic carbocycles. The van der Waals surface area contributed by atoms with Crippen LogP contribution < -0.4 is 5.11 Å². The first-order valence-corrected chi connectivity index (χ1v) is 6.50. The van der Waals surface area contributed by atoms with Crippen LogP contribution in [0.5, 0.6) is 0 Å². The Balaban J connectivity index is 0. The number of rotatable bonds is 6. The molecule has 0 aromatic heterocycles. The SMILES string of the molecule is CCC(C)[O][Al+][O]C(C)CC.O=C([O-])C(F)(F)F. The molecule has 0 bridgehead atoms. The van der Waals surface area contributed by atoms with Crippen molar-refractivity contribution in [2.75, 3.05) is 0 Å². The largest absolute Gasteiger partial charge is 0.542 e. The maximum atomic E-state index is 10.5. The number of aliphatic carboxylic acids is 1. The van der Waals surface area contributed by atoms with Crippen LogP contribution in [-0.2, 0) is 12.4 Å². The van der Waals surface area contributed by atoms with Gasteiger partial charge in [-0.1, -0.05) is 0 Å². The first-order valence-electron chi connectivity index (χ1n) is 5.55. The Morgan fingerprint density at radius 3 is 1.61 bits per heavy atom. The Bertz CT molecular complexity index is 214. The van der Waals surface area contributed by atoms with Gasteiger partial charge in [-0.25, -0.2) is 0 Å². The number of hydrogen-bond acceptors (Lipinski definition) is 4. The summed E-state index contributed by atoms with van der Waals surface area (Å²) in [7, 11) is 0. The number of halogens is 3. The summed E-state index contributed by atoms with van der Waals surface area (Å²) in [5, 5.41) is 8.78. The van der Waals surface area contributed by atoms with E-state index in [1.807, 2.05) is 0 Å². The van der Waals surface area contributed by atoms with Gasteiger partial charge in [0.15, 0.2) is 0 Å². The van der Waals surface area contributed by atoms with Crippen molar-refractivity contribution in [1.29, 1.82) is 0 Å². The zero-order chi connectivity index (χ0) is 14.8. The van der Waals surface area contributed by atoms with E-state index in [1.54, 1.807) is 0 Å². The second-order valence-corrected chi connectivity index (χ2v) is 4.33. The minimum absolute atomic E-state index is 0.250. The van der Waals surface area contributed by atoms with Gasteiger partial charge >= 0.3 is 82.4 Å². The van der Waals surface area contributed by atoms with Crippen molar-refractivity contribution in [3.05, 3.63) is 0 Å². The normalized spacial score (nSPS) is 13.9. The molecule has 0 heterocycles. The van der Waals surface area contributed by atoms with Crippen molar-refractivity contribution in [1.82, 2.24) is 0 Å². The zero-order valence-electron chi connectivity index (χ0n) is 10.9. The molecule has 0 spiro atoms. The van der Waals surface area contributed by atoms with Gasteiger partial charge in [0.1, 0.15) is 5.97 Å². The Kier molecular flexibility index (Phi) is 11.8. The standard InChI is InChI=1S/2C4H9O.C2HF3O2.Al/c2*1-3-4(2)5;3-2(4,5)1(6)7;/h2*4H,3H2,1-2H3;(H,6,7);/q2*-1;;+3/p-1. The van der Waals surface area contributed by atoms with Gasteiger partial charge in [0.2, 0.25) is 0 Å². The third-order valence-corrected chi connectivity index (χ3v) is 3.11. The van der Waals surface area contributed by atoms with Crippen molar-refractivity contribution < 1.29 is 30.6 Å². The molecule has 0 saturated carbocycles. The van der Waals surface area contributed by atoms with Crippen LogP contribution in [0, 0.1) is 0 Å². The van der Waals surface area contributed by atoms with E-state index in [1.165, 1.54) is 0 Å². The monoisotopic (exact) mass is 286 g/mol. The number of hydrogen-bond donors (Lipinski definition) is 0. The van der Waals surface area contributed by atoms with Gasteiger partial charge in [-0.05, 0) is 0 Å². The zero-order valence-corrected chi connectivity index (χ0v) is 12.1. The second-order valence-electron chi connectivity index (χ2n) is 3.59. The van der Waals surface area contributed by atoms with Crippen molar-refractivity contribution in [3.63, 3.8) is 0 Å². The van der Waals surface area contributed by atoms with Crippen LogP contribution in [0.3, 0.4) is 0 Å². The van der Waals surface area contributed by atoms with Crippen molar-refractivity contribution >= 4 is 21.9 Å². The van der Waals surface area contributed by atoms with Crippen LogP contribution in [0.2, 0.25) is 0 Å². The van der Waals surface area contributed by atoms with E-state index in [0.29, 0.717) is 12.2 Å². The molecule has 2 unspecified atom stereocenters. The summed E-state index contributed by atoms with van der Waals surface area (Å²) in [5.41, 5.74) is 0. The van der Waals surface area contributed by atoms with Crippen LogP contribution in [0.4, 0.5) is 13.2 Å². The molecule has 0 N–H and O–H groups in total. The first kappa shape index (κ1) is 20.0. The predicted octanol–water partition coefficient (Wildman–Crippen LogP) is 1.45. The Hall–Kier alpha value is -0.288. The van der Waals surface area contributed by atoms with Gasteiger partial charge in [-0.15, -0.1) is 0 Å². The van der Waals surface area contributed by atoms with E-state index in [2.05, 4.69) is 27.7 Å². The van der Waals surface area contributed by atoms with Crippen LogP contribution in [0.1, 0.15) is 40.5 Å². The predicted molar refractivity (Wildman–Crippen MR) is 58.5 cm³/mol. The topological polar surface area (TPSA) is 58.6 Å².